The summed E-state index contributed by atoms with van der Waals surface area (Å²) in [5, 5.41) is 0. The first kappa shape index (κ1) is 11.6. The summed E-state index contributed by atoms with van der Waals surface area (Å²) in [5.41, 5.74) is 6.70. The molecule has 0 amide bonds. The maximum Gasteiger partial charge on any atom is 0.111 e. The van der Waals surface area contributed by atoms with Gasteiger partial charge in [0.25, 0.3) is 0 Å². The fourth-order valence-corrected chi connectivity index (χ4v) is 2.09. The van der Waals surface area contributed by atoms with Gasteiger partial charge >= 0.3 is 0 Å². The van der Waals surface area contributed by atoms with Crippen LogP contribution in [-0.2, 0) is 16.0 Å². The van der Waals surface area contributed by atoms with Gasteiger partial charge in [0, 0.05) is 32.4 Å². The first-order valence-corrected chi connectivity index (χ1v) is 5.55. The average Bonchev–Trinajstić information content (AvgIpc) is 2.88. The largest absolute Gasteiger partial charge is 0.378 e. The number of hydrogen-bond donors (Lipinski definition) is 1. The van der Waals surface area contributed by atoms with E-state index in [2.05, 4.69) is 9.55 Å². The van der Waals surface area contributed by atoms with Crippen LogP contribution in [0, 0.1) is 0 Å². The molecule has 2 heterocycles. The van der Waals surface area contributed by atoms with Gasteiger partial charge in [0.2, 0.25) is 0 Å². The van der Waals surface area contributed by atoms with E-state index >= 15 is 0 Å². The minimum absolute atomic E-state index is 0.0151. The molecule has 0 bridgehead atoms. The van der Waals surface area contributed by atoms with Crippen LogP contribution < -0.4 is 5.73 Å². The second kappa shape index (κ2) is 4.53. The smallest absolute Gasteiger partial charge is 0.111 e. The lowest BCUT2D eigenvalue weighted by atomic mass is 10.0. The summed E-state index contributed by atoms with van der Waals surface area (Å²) < 4.78 is 13.1. The molecule has 16 heavy (non-hydrogen) atoms. The normalized spacial score (nSPS) is 27.2. The zero-order valence-electron chi connectivity index (χ0n) is 9.85. The van der Waals surface area contributed by atoms with Crippen LogP contribution in [0.2, 0.25) is 0 Å². The van der Waals surface area contributed by atoms with Gasteiger partial charge in [-0.25, -0.2) is 4.98 Å². The predicted molar refractivity (Wildman–Crippen MR) is 60.0 cm³/mol. The van der Waals surface area contributed by atoms with E-state index in [9.17, 15) is 0 Å². The molecule has 2 N–H and O–H groups in total. The minimum Gasteiger partial charge on any atom is -0.378 e. The first-order chi connectivity index (χ1) is 7.67. The molecule has 2 rings (SSSR count). The highest BCUT2D eigenvalue weighted by molar-refractivity contribution is 5.04. The Bertz CT molecular complexity index is 343. The Kier molecular flexibility index (Phi) is 3.28. The SMILES string of the molecule is COC1(Cn2cncc2C(C)N)CCOC1. The Hall–Kier alpha value is -0.910. The van der Waals surface area contributed by atoms with E-state index in [0.717, 1.165) is 25.3 Å². The minimum atomic E-state index is -0.218. The fourth-order valence-electron chi connectivity index (χ4n) is 2.09. The van der Waals surface area contributed by atoms with Crippen molar-refractivity contribution in [1.29, 1.82) is 0 Å². The molecule has 0 spiro atoms. The highest BCUT2D eigenvalue weighted by Crippen LogP contribution is 2.25. The summed E-state index contributed by atoms with van der Waals surface area (Å²) in [4.78, 5) is 4.14. The third-order valence-electron chi connectivity index (χ3n) is 3.17. The van der Waals surface area contributed by atoms with Crippen molar-refractivity contribution in [2.24, 2.45) is 5.73 Å². The van der Waals surface area contributed by atoms with E-state index in [1.165, 1.54) is 0 Å². The Morgan fingerprint density at radius 3 is 3.12 bits per heavy atom. The van der Waals surface area contributed by atoms with E-state index in [1.54, 1.807) is 13.4 Å². The molecule has 2 atom stereocenters. The van der Waals surface area contributed by atoms with Crippen LogP contribution in [0.5, 0.6) is 0 Å². The predicted octanol–water partition coefficient (Wildman–Crippen LogP) is 0.708. The third-order valence-corrected chi connectivity index (χ3v) is 3.17. The van der Waals surface area contributed by atoms with Crippen molar-refractivity contribution in [3.8, 4) is 0 Å². The molecular formula is C11H19N3O2. The number of rotatable bonds is 4. The number of aromatic nitrogens is 2. The highest BCUT2D eigenvalue weighted by atomic mass is 16.5. The quantitative estimate of drug-likeness (QED) is 0.819. The van der Waals surface area contributed by atoms with Gasteiger partial charge in [-0.2, -0.15) is 0 Å². The van der Waals surface area contributed by atoms with Crippen molar-refractivity contribution < 1.29 is 9.47 Å². The molecule has 1 aromatic heterocycles. The maximum atomic E-state index is 5.88. The fraction of sp³-hybridized carbons (Fsp3) is 0.727. The second-order valence-corrected chi connectivity index (χ2v) is 4.42. The van der Waals surface area contributed by atoms with Crippen LogP contribution in [0.3, 0.4) is 0 Å². The first-order valence-electron chi connectivity index (χ1n) is 5.55. The molecule has 0 saturated carbocycles. The monoisotopic (exact) mass is 225 g/mol. The number of nitrogens with zero attached hydrogens (tertiary/aromatic N) is 2. The molecule has 0 aliphatic carbocycles. The highest BCUT2D eigenvalue weighted by Gasteiger charge is 2.35. The van der Waals surface area contributed by atoms with Crippen molar-refractivity contribution in [3.05, 3.63) is 18.2 Å². The number of nitrogens with two attached hydrogens (primary N) is 1. The van der Waals surface area contributed by atoms with Crippen molar-refractivity contribution in [2.75, 3.05) is 20.3 Å². The number of hydrogen-bond acceptors (Lipinski definition) is 4. The van der Waals surface area contributed by atoms with Gasteiger partial charge in [-0.15, -0.1) is 0 Å². The summed E-state index contributed by atoms with van der Waals surface area (Å²) >= 11 is 0. The Morgan fingerprint density at radius 2 is 2.56 bits per heavy atom. The summed E-state index contributed by atoms with van der Waals surface area (Å²) in [7, 11) is 1.73. The average molecular weight is 225 g/mol. The molecular weight excluding hydrogens is 206 g/mol. The van der Waals surface area contributed by atoms with E-state index in [0.29, 0.717) is 6.61 Å². The second-order valence-electron chi connectivity index (χ2n) is 4.42. The van der Waals surface area contributed by atoms with Gasteiger partial charge in [0.1, 0.15) is 5.60 Å². The standard InChI is InChI=1S/C11H19N3O2/c1-9(12)10-5-13-8-14(10)6-11(15-2)3-4-16-7-11/h5,8-9H,3-4,6-7,12H2,1-2H3. The van der Waals surface area contributed by atoms with Crippen LogP contribution in [0.4, 0.5) is 0 Å². The molecule has 5 nitrogen and oxygen atoms in total. The molecule has 1 fully saturated rings. The Balaban J connectivity index is 2.16. The topological polar surface area (TPSA) is 62.3 Å². The molecule has 2 unspecified atom stereocenters. The lowest BCUT2D eigenvalue weighted by Crippen LogP contribution is -2.37. The number of imidazole rings is 1. The van der Waals surface area contributed by atoms with E-state index in [4.69, 9.17) is 15.2 Å². The van der Waals surface area contributed by atoms with Gasteiger partial charge in [0.05, 0.1) is 25.2 Å². The zero-order chi connectivity index (χ0) is 11.6. The van der Waals surface area contributed by atoms with E-state index < -0.39 is 0 Å². The van der Waals surface area contributed by atoms with Crippen LogP contribution >= 0.6 is 0 Å². The lowest BCUT2D eigenvalue weighted by molar-refractivity contribution is -0.0300. The van der Waals surface area contributed by atoms with Crippen LogP contribution in [0.15, 0.2) is 12.5 Å². The molecule has 1 saturated heterocycles. The summed E-state index contributed by atoms with van der Waals surface area (Å²) in [6.07, 6.45) is 4.53. The molecule has 0 radical (unpaired) electrons. The molecule has 5 heteroatoms. The Morgan fingerprint density at radius 1 is 1.75 bits per heavy atom. The van der Waals surface area contributed by atoms with E-state index in [1.807, 2.05) is 13.1 Å². The maximum absolute atomic E-state index is 5.88. The lowest BCUT2D eigenvalue weighted by Gasteiger charge is -2.27. The van der Waals surface area contributed by atoms with Gasteiger partial charge in [0.15, 0.2) is 0 Å². The van der Waals surface area contributed by atoms with Crippen molar-refractivity contribution in [3.63, 3.8) is 0 Å². The number of methoxy groups -OCH3 is 1. The van der Waals surface area contributed by atoms with Gasteiger partial charge < -0.3 is 19.8 Å². The molecule has 0 aromatic carbocycles. The van der Waals surface area contributed by atoms with Crippen LogP contribution in [-0.4, -0.2) is 35.5 Å². The molecule has 1 aromatic rings. The summed E-state index contributed by atoms with van der Waals surface area (Å²) in [5.74, 6) is 0. The zero-order valence-corrected chi connectivity index (χ0v) is 9.85. The van der Waals surface area contributed by atoms with Crippen molar-refractivity contribution in [1.82, 2.24) is 9.55 Å². The van der Waals surface area contributed by atoms with Gasteiger partial charge in [-0.3, -0.25) is 0 Å². The van der Waals surface area contributed by atoms with Crippen molar-refractivity contribution >= 4 is 0 Å². The van der Waals surface area contributed by atoms with Crippen molar-refractivity contribution in [2.45, 2.75) is 31.5 Å². The Labute approximate surface area is 95.6 Å². The molecule has 1 aliphatic rings. The van der Waals surface area contributed by atoms with Gasteiger partial charge in [-0.05, 0) is 6.92 Å². The van der Waals surface area contributed by atoms with Crippen LogP contribution in [0.25, 0.3) is 0 Å². The molecule has 90 valence electrons. The van der Waals surface area contributed by atoms with E-state index in [-0.39, 0.29) is 11.6 Å². The van der Waals surface area contributed by atoms with Gasteiger partial charge in [-0.1, -0.05) is 0 Å². The number of ether oxygens (including phenoxy) is 2. The summed E-state index contributed by atoms with van der Waals surface area (Å²) in [6, 6.07) is -0.0151. The van der Waals surface area contributed by atoms with Crippen LogP contribution in [0.1, 0.15) is 25.1 Å². The third kappa shape index (κ3) is 2.11. The summed E-state index contributed by atoms with van der Waals surface area (Å²) in [6.45, 7) is 4.11. The molecule has 1 aliphatic heterocycles.